The molecule has 0 radical (unpaired) electrons. The van der Waals surface area contributed by atoms with Crippen molar-refractivity contribution in [3.05, 3.63) is 12.7 Å². The Bertz CT molecular complexity index is 79.8. The Hall–Kier alpha value is -0.440. The summed E-state index contributed by atoms with van der Waals surface area (Å²) < 4.78 is 3.97. The zero-order valence-corrected chi connectivity index (χ0v) is 4.65. The minimum atomic E-state index is -0.377. The maximum absolute atomic E-state index is 10.0. The van der Waals surface area contributed by atoms with Crippen molar-refractivity contribution >= 4 is 18.9 Å². The summed E-state index contributed by atoms with van der Waals surface area (Å²) in [4.78, 5) is 10.0. The molecule has 2 nitrogen and oxygen atoms in total. The van der Waals surface area contributed by atoms with E-state index in [4.69, 9.17) is 0 Å². The Morgan fingerprint density at radius 3 is 2.71 bits per heavy atom. The Labute approximate surface area is 47.8 Å². The summed E-state index contributed by atoms with van der Waals surface area (Å²) in [6.07, 6.45) is 1.68. The lowest BCUT2D eigenvalue weighted by atomic mass is 10.4. The van der Waals surface area contributed by atoms with E-state index in [0.29, 0.717) is 0 Å². The molecular formula is C4H6O2S. The fourth-order valence-corrected chi connectivity index (χ4v) is 0.230. The van der Waals surface area contributed by atoms with Gasteiger partial charge in [0.15, 0.2) is 0 Å². The summed E-state index contributed by atoms with van der Waals surface area (Å²) in [6, 6.07) is 0. The molecule has 40 valence electrons. The zero-order valence-electron chi connectivity index (χ0n) is 3.76. The molecule has 7 heavy (non-hydrogen) atoms. The van der Waals surface area contributed by atoms with E-state index in [2.05, 4.69) is 23.7 Å². The molecule has 0 rings (SSSR count). The summed E-state index contributed by atoms with van der Waals surface area (Å²) in [6.45, 7) is 3.31. The molecule has 0 aliphatic carbocycles. The van der Waals surface area contributed by atoms with Crippen LogP contribution in [0.25, 0.3) is 0 Å². The van der Waals surface area contributed by atoms with Gasteiger partial charge in [0.1, 0.15) is 0 Å². The maximum Gasteiger partial charge on any atom is 0.321 e. The molecule has 0 unspecified atom stereocenters. The van der Waals surface area contributed by atoms with Gasteiger partial charge in [0.2, 0.25) is 0 Å². The molecule has 0 atom stereocenters. The van der Waals surface area contributed by atoms with E-state index in [-0.39, 0.29) is 12.4 Å². The minimum Gasteiger partial charge on any atom is -0.394 e. The van der Waals surface area contributed by atoms with E-state index in [1.165, 1.54) is 6.08 Å². The topological polar surface area (TPSA) is 26.3 Å². The highest BCUT2D eigenvalue weighted by molar-refractivity contribution is 7.75. The third-order valence-corrected chi connectivity index (χ3v) is 0.616. The highest BCUT2D eigenvalue weighted by Gasteiger charge is 1.91. The lowest BCUT2D eigenvalue weighted by molar-refractivity contribution is -0.131. The Morgan fingerprint density at radius 2 is 2.57 bits per heavy atom. The zero-order chi connectivity index (χ0) is 5.70. The van der Waals surface area contributed by atoms with Crippen LogP contribution in [-0.2, 0) is 8.98 Å². The van der Waals surface area contributed by atoms with Crippen molar-refractivity contribution in [1.82, 2.24) is 0 Å². The first-order valence-corrected chi connectivity index (χ1v) is 2.13. The highest BCUT2D eigenvalue weighted by Crippen LogP contribution is 1.87. The van der Waals surface area contributed by atoms with Gasteiger partial charge in [0.25, 0.3) is 0 Å². The third kappa shape index (κ3) is 3.39. The molecule has 0 heterocycles. The first-order chi connectivity index (χ1) is 3.31. The van der Waals surface area contributed by atoms with Crippen LogP contribution in [0.1, 0.15) is 6.42 Å². The van der Waals surface area contributed by atoms with E-state index >= 15 is 0 Å². The predicted octanol–water partition coefficient (Wildman–Crippen LogP) is 0.950. The fraction of sp³-hybridized carbons (Fsp3) is 0.250. The van der Waals surface area contributed by atoms with Crippen molar-refractivity contribution in [3.63, 3.8) is 0 Å². The largest absolute Gasteiger partial charge is 0.394 e. The molecule has 0 aliphatic heterocycles. The molecule has 0 saturated carbocycles. The van der Waals surface area contributed by atoms with Crippen molar-refractivity contribution < 1.29 is 8.98 Å². The molecule has 3 heteroatoms. The first-order valence-electron chi connectivity index (χ1n) is 1.76. The molecule has 0 aromatic carbocycles. The SMILES string of the molecule is C=CCC(=O)OS. The maximum atomic E-state index is 10.0. The number of carbonyl (C=O) groups is 1. The van der Waals surface area contributed by atoms with Crippen LogP contribution in [0.3, 0.4) is 0 Å². The van der Waals surface area contributed by atoms with E-state index in [1.807, 2.05) is 0 Å². The van der Waals surface area contributed by atoms with Gasteiger partial charge in [-0.15, -0.1) is 6.58 Å². The van der Waals surface area contributed by atoms with Crippen molar-refractivity contribution in [2.75, 3.05) is 0 Å². The molecule has 0 saturated heterocycles. The van der Waals surface area contributed by atoms with Crippen LogP contribution in [-0.4, -0.2) is 5.97 Å². The Kier molecular flexibility index (Phi) is 3.50. The monoisotopic (exact) mass is 118 g/mol. The van der Waals surface area contributed by atoms with E-state index in [0.717, 1.165) is 0 Å². The second-order valence-corrected chi connectivity index (χ2v) is 1.14. The lowest BCUT2D eigenvalue weighted by Crippen LogP contribution is -1.91. The van der Waals surface area contributed by atoms with Crippen molar-refractivity contribution in [1.29, 1.82) is 0 Å². The second kappa shape index (κ2) is 3.74. The van der Waals surface area contributed by atoms with Gasteiger partial charge >= 0.3 is 5.97 Å². The van der Waals surface area contributed by atoms with Crippen LogP contribution in [0.15, 0.2) is 12.7 Å². The molecular weight excluding hydrogens is 112 g/mol. The standard InChI is InChI=1S/C4H6O2S/c1-2-3-4(5)6-7/h2,7H,1,3H2. The molecule has 0 aromatic heterocycles. The average molecular weight is 118 g/mol. The fourth-order valence-electron chi connectivity index (χ4n) is 0.155. The van der Waals surface area contributed by atoms with Crippen LogP contribution in [0, 0.1) is 0 Å². The molecule has 0 spiro atoms. The summed E-state index contributed by atoms with van der Waals surface area (Å²) in [7, 11) is 0. The molecule has 0 N–H and O–H groups in total. The summed E-state index contributed by atoms with van der Waals surface area (Å²) in [5.41, 5.74) is 0. The summed E-state index contributed by atoms with van der Waals surface area (Å²) in [5.74, 6) is -0.377. The Morgan fingerprint density at radius 1 is 2.00 bits per heavy atom. The van der Waals surface area contributed by atoms with Gasteiger partial charge in [0, 0.05) is 12.9 Å². The number of rotatable bonds is 2. The van der Waals surface area contributed by atoms with Crippen LogP contribution < -0.4 is 0 Å². The minimum absolute atomic E-state index is 0.226. The number of hydrogen-bond donors (Lipinski definition) is 1. The van der Waals surface area contributed by atoms with Crippen LogP contribution in [0.5, 0.6) is 0 Å². The molecule has 0 aromatic rings. The van der Waals surface area contributed by atoms with E-state index in [1.54, 1.807) is 0 Å². The molecule has 0 bridgehead atoms. The van der Waals surface area contributed by atoms with Crippen molar-refractivity contribution in [3.8, 4) is 0 Å². The van der Waals surface area contributed by atoms with Crippen LogP contribution >= 0.6 is 12.9 Å². The molecule has 0 aliphatic rings. The van der Waals surface area contributed by atoms with Crippen LogP contribution in [0.2, 0.25) is 0 Å². The smallest absolute Gasteiger partial charge is 0.321 e. The van der Waals surface area contributed by atoms with Gasteiger partial charge in [-0.3, -0.25) is 4.79 Å². The number of thiol groups is 1. The highest BCUT2D eigenvalue weighted by atomic mass is 32.1. The average Bonchev–Trinajstić information content (AvgIpc) is 1.68. The Balaban J connectivity index is 3.17. The van der Waals surface area contributed by atoms with E-state index < -0.39 is 0 Å². The normalized spacial score (nSPS) is 7.57. The van der Waals surface area contributed by atoms with Gasteiger partial charge in [-0.2, -0.15) is 0 Å². The van der Waals surface area contributed by atoms with Gasteiger partial charge in [-0.25, -0.2) is 0 Å². The first kappa shape index (κ1) is 6.56. The second-order valence-electron chi connectivity index (χ2n) is 0.956. The van der Waals surface area contributed by atoms with E-state index in [9.17, 15) is 4.79 Å². The summed E-state index contributed by atoms with van der Waals surface area (Å²) in [5, 5.41) is 0. The van der Waals surface area contributed by atoms with Crippen LogP contribution in [0.4, 0.5) is 0 Å². The number of hydrogen-bond acceptors (Lipinski definition) is 3. The third-order valence-electron chi connectivity index (χ3n) is 0.413. The van der Waals surface area contributed by atoms with Gasteiger partial charge in [-0.05, 0) is 0 Å². The van der Waals surface area contributed by atoms with Gasteiger partial charge in [-0.1, -0.05) is 6.08 Å². The summed E-state index contributed by atoms with van der Waals surface area (Å²) >= 11 is 3.25. The number of carbonyl (C=O) groups excluding carboxylic acids is 1. The lowest BCUT2D eigenvalue weighted by Gasteiger charge is -1.86. The van der Waals surface area contributed by atoms with Gasteiger partial charge < -0.3 is 4.18 Å². The van der Waals surface area contributed by atoms with Gasteiger partial charge in [0.05, 0.1) is 6.42 Å². The molecule has 0 amide bonds. The predicted molar refractivity (Wildman–Crippen MR) is 29.9 cm³/mol. The molecule has 0 fully saturated rings. The quantitative estimate of drug-likeness (QED) is 0.332. The van der Waals surface area contributed by atoms with Crippen molar-refractivity contribution in [2.45, 2.75) is 6.42 Å². The van der Waals surface area contributed by atoms with Crippen molar-refractivity contribution in [2.24, 2.45) is 0 Å².